The fourth-order valence-electron chi connectivity index (χ4n) is 2.46. The van der Waals surface area contributed by atoms with Gasteiger partial charge in [0.15, 0.2) is 5.78 Å². The van der Waals surface area contributed by atoms with Crippen molar-refractivity contribution in [1.29, 1.82) is 0 Å². The van der Waals surface area contributed by atoms with Gasteiger partial charge in [-0.25, -0.2) is 0 Å². The van der Waals surface area contributed by atoms with Crippen LogP contribution in [0.25, 0.3) is 0 Å². The highest BCUT2D eigenvalue weighted by Crippen LogP contribution is 2.29. The van der Waals surface area contributed by atoms with Crippen molar-refractivity contribution in [1.82, 2.24) is 0 Å². The summed E-state index contributed by atoms with van der Waals surface area (Å²) in [7, 11) is 0. The predicted molar refractivity (Wildman–Crippen MR) is 68.1 cm³/mol. The molecule has 92 valence electrons. The molecule has 0 heterocycles. The van der Waals surface area contributed by atoms with Gasteiger partial charge in [0.25, 0.3) is 0 Å². The zero-order chi connectivity index (χ0) is 12.5. The van der Waals surface area contributed by atoms with Gasteiger partial charge in [0.05, 0.1) is 5.60 Å². The number of fused-ring (bicyclic) bond motifs is 1. The molecular weight excluding hydrogens is 212 g/mol. The Kier molecular flexibility index (Phi) is 3.34. The number of carbonyl (C=O) groups is 1. The fourth-order valence-corrected chi connectivity index (χ4v) is 2.46. The van der Waals surface area contributed by atoms with E-state index < -0.39 is 5.60 Å². The summed E-state index contributed by atoms with van der Waals surface area (Å²) in [5.41, 5.74) is 1.40. The Morgan fingerprint density at radius 3 is 2.76 bits per heavy atom. The number of aliphatic hydroxyl groups is 1. The van der Waals surface area contributed by atoms with Crippen LogP contribution >= 0.6 is 0 Å². The minimum Gasteiger partial charge on any atom is -0.390 e. The standard InChI is InChI=1S/C15H20O2/c1-15(2,17)10-9-12-8-7-11-5-3-4-6-13(11)14(12)16/h3-6,12,17H,7-10H2,1-2H3. The van der Waals surface area contributed by atoms with Gasteiger partial charge in [-0.05, 0) is 45.1 Å². The molecule has 2 nitrogen and oxygen atoms in total. The van der Waals surface area contributed by atoms with Gasteiger partial charge in [-0.15, -0.1) is 0 Å². The summed E-state index contributed by atoms with van der Waals surface area (Å²) in [6.07, 6.45) is 3.38. The van der Waals surface area contributed by atoms with Gasteiger partial charge in [-0.1, -0.05) is 24.3 Å². The summed E-state index contributed by atoms with van der Waals surface area (Å²) >= 11 is 0. The van der Waals surface area contributed by atoms with Crippen LogP contribution in [0.5, 0.6) is 0 Å². The molecule has 0 bridgehead atoms. The lowest BCUT2D eigenvalue weighted by Gasteiger charge is -2.25. The van der Waals surface area contributed by atoms with Crippen molar-refractivity contribution in [3.05, 3.63) is 35.4 Å². The molecule has 0 aromatic heterocycles. The van der Waals surface area contributed by atoms with E-state index in [9.17, 15) is 9.90 Å². The molecule has 0 fully saturated rings. The number of aryl methyl sites for hydroxylation is 1. The average Bonchev–Trinajstić information content (AvgIpc) is 2.27. The highest BCUT2D eigenvalue weighted by molar-refractivity contribution is 6.00. The van der Waals surface area contributed by atoms with E-state index in [1.54, 1.807) is 13.8 Å². The Balaban J connectivity index is 2.07. The van der Waals surface area contributed by atoms with Gasteiger partial charge in [0, 0.05) is 11.5 Å². The van der Waals surface area contributed by atoms with Crippen molar-refractivity contribution in [3.63, 3.8) is 0 Å². The summed E-state index contributed by atoms with van der Waals surface area (Å²) in [5, 5.41) is 9.72. The van der Waals surface area contributed by atoms with Crippen molar-refractivity contribution in [2.45, 2.75) is 45.1 Å². The molecular formula is C15H20O2. The monoisotopic (exact) mass is 232 g/mol. The SMILES string of the molecule is CC(C)(O)CCC1CCc2ccccc2C1=O. The van der Waals surface area contributed by atoms with Gasteiger partial charge in [-0.3, -0.25) is 4.79 Å². The number of hydrogen-bond donors (Lipinski definition) is 1. The van der Waals surface area contributed by atoms with Gasteiger partial charge < -0.3 is 5.11 Å². The molecule has 0 radical (unpaired) electrons. The van der Waals surface area contributed by atoms with Crippen LogP contribution in [0.3, 0.4) is 0 Å². The molecule has 2 heteroatoms. The van der Waals surface area contributed by atoms with E-state index in [4.69, 9.17) is 0 Å². The second-order valence-corrected chi connectivity index (χ2v) is 5.61. The third kappa shape index (κ3) is 2.95. The largest absolute Gasteiger partial charge is 0.390 e. The number of benzene rings is 1. The summed E-state index contributed by atoms with van der Waals surface area (Å²) in [5.74, 6) is 0.354. The van der Waals surface area contributed by atoms with Crippen LogP contribution in [0.1, 0.15) is 49.0 Å². The van der Waals surface area contributed by atoms with Crippen molar-refractivity contribution in [2.75, 3.05) is 0 Å². The smallest absolute Gasteiger partial charge is 0.166 e. The first-order valence-corrected chi connectivity index (χ1v) is 6.32. The third-order valence-electron chi connectivity index (χ3n) is 3.52. The minimum absolute atomic E-state index is 0.0938. The lowest BCUT2D eigenvalue weighted by molar-refractivity contribution is 0.0599. The molecule has 1 aliphatic carbocycles. The molecule has 1 aromatic carbocycles. The van der Waals surface area contributed by atoms with Gasteiger partial charge in [0.2, 0.25) is 0 Å². The molecule has 0 saturated heterocycles. The summed E-state index contributed by atoms with van der Waals surface area (Å²) in [6, 6.07) is 7.88. The van der Waals surface area contributed by atoms with Crippen molar-refractivity contribution >= 4 is 5.78 Å². The molecule has 1 aliphatic rings. The lowest BCUT2D eigenvalue weighted by Crippen LogP contribution is -2.26. The fraction of sp³-hybridized carbons (Fsp3) is 0.533. The molecule has 0 aliphatic heterocycles. The Bertz CT molecular complexity index is 415. The van der Waals surface area contributed by atoms with Crippen LogP contribution in [0, 0.1) is 5.92 Å². The van der Waals surface area contributed by atoms with E-state index in [2.05, 4.69) is 0 Å². The average molecular weight is 232 g/mol. The van der Waals surface area contributed by atoms with Crippen LogP contribution in [-0.2, 0) is 6.42 Å². The second kappa shape index (κ2) is 4.61. The first-order chi connectivity index (χ1) is 7.97. The van der Waals surface area contributed by atoms with E-state index in [1.165, 1.54) is 5.56 Å². The van der Waals surface area contributed by atoms with Crippen molar-refractivity contribution in [2.24, 2.45) is 5.92 Å². The number of rotatable bonds is 3. The number of ketones is 1. The van der Waals surface area contributed by atoms with Crippen LogP contribution in [0.4, 0.5) is 0 Å². The Hall–Kier alpha value is -1.15. The maximum atomic E-state index is 12.3. The van der Waals surface area contributed by atoms with E-state index in [0.717, 1.165) is 24.8 Å². The molecule has 1 N–H and O–H groups in total. The molecule has 1 atom stereocenters. The highest BCUT2D eigenvalue weighted by atomic mass is 16.3. The molecule has 1 unspecified atom stereocenters. The van der Waals surface area contributed by atoms with E-state index in [0.29, 0.717) is 6.42 Å². The molecule has 17 heavy (non-hydrogen) atoms. The van der Waals surface area contributed by atoms with Gasteiger partial charge >= 0.3 is 0 Å². The summed E-state index contributed by atoms with van der Waals surface area (Å²) < 4.78 is 0. The molecule has 0 spiro atoms. The van der Waals surface area contributed by atoms with E-state index in [-0.39, 0.29) is 11.7 Å². The van der Waals surface area contributed by atoms with Crippen LogP contribution in [0.2, 0.25) is 0 Å². The molecule has 1 aromatic rings. The van der Waals surface area contributed by atoms with E-state index in [1.807, 2.05) is 24.3 Å². The van der Waals surface area contributed by atoms with Gasteiger partial charge in [-0.2, -0.15) is 0 Å². The minimum atomic E-state index is -0.669. The van der Waals surface area contributed by atoms with Crippen molar-refractivity contribution in [3.8, 4) is 0 Å². The highest BCUT2D eigenvalue weighted by Gasteiger charge is 2.28. The Labute approximate surface area is 103 Å². The first kappa shape index (κ1) is 12.3. The van der Waals surface area contributed by atoms with Crippen molar-refractivity contribution < 1.29 is 9.90 Å². The summed E-state index contributed by atoms with van der Waals surface area (Å²) in [4.78, 5) is 12.3. The van der Waals surface area contributed by atoms with Gasteiger partial charge in [0.1, 0.15) is 0 Å². The maximum absolute atomic E-state index is 12.3. The van der Waals surface area contributed by atoms with Crippen LogP contribution in [-0.4, -0.2) is 16.5 Å². The lowest BCUT2D eigenvalue weighted by atomic mass is 9.79. The predicted octanol–water partition coefficient (Wildman–Crippen LogP) is 2.98. The second-order valence-electron chi connectivity index (χ2n) is 5.61. The Morgan fingerprint density at radius 2 is 2.06 bits per heavy atom. The number of carbonyl (C=O) groups excluding carboxylic acids is 1. The van der Waals surface area contributed by atoms with E-state index >= 15 is 0 Å². The summed E-state index contributed by atoms with van der Waals surface area (Å²) in [6.45, 7) is 3.60. The molecule has 2 rings (SSSR count). The maximum Gasteiger partial charge on any atom is 0.166 e. The molecule has 0 amide bonds. The normalized spacial score (nSPS) is 20.2. The third-order valence-corrected chi connectivity index (χ3v) is 3.52. The topological polar surface area (TPSA) is 37.3 Å². The number of Topliss-reactive ketones (excluding diaryl/α,β-unsaturated/α-hetero) is 1. The van der Waals surface area contributed by atoms with Crippen LogP contribution in [0.15, 0.2) is 24.3 Å². The number of hydrogen-bond acceptors (Lipinski definition) is 2. The van der Waals surface area contributed by atoms with Crippen LogP contribution < -0.4 is 0 Å². The Morgan fingerprint density at radius 1 is 1.35 bits per heavy atom. The quantitative estimate of drug-likeness (QED) is 0.870. The first-order valence-electron chi connectivity index (χ1n) is 6.32. The zero-order valence-corrected chi connectivity index (χ0v) is 10.6. The zero-order valence-electron chi connectivity index (χ0n) is 10.6. The molecule has 0 saturated carbocycles.